The third-order valence-corrected chi connectivity index (χ3v) is 4.32. The predicted octanol–water partition coefficient (Wildman–Crippen LogP) is 1.55. The normalized spacial score (nSPS) is 22.4. The Morgan fingerprint density at radius 3 is 3.15 bits per heavy atom. The van der Waals surface area contributed by atoms with Gasteiger partial charge in [-0.15, -0.1) is 10.2 Å². The summed E-state index contributed by atoms with van der Waals surface area (Å²) in [5.74, 6) is 2.01. The Morgan fingerprint density at radius 2 is 2.54 bits per heavy atom. The van der Waals surface area contributed by atoms with Gasteiger partial charge in [0.1, 0.15) is 5.01 Å². The minimum absolute atomic E-state index is 0.828. The molecule has 1 fully saturated rings. The van der Waals surface area contributed by atoms with Crippen molar-refractivity contribution in [1.82, 2.24) is 15.5 Å². The second-order valence-electron chi connectivity index (χ2n) is 3.26. The largest absolute Gasteiger partial charge is 0.316 e. The van der Waals surface area contributed by atoms with Gasteiger partial charge in [-0.2, -0.15) is 0 Å². The van der Waals surface area contributed by atoms with Crippen LogP contribution >= 0.6 is 23.1 Å². The second kappa shape index (κ2) is 4.39. The SMILES string of the molecule is Cc1nnc(SCC2CCNC2)s1. The van der Waals surface area contributed by atoms with Crippen molar-refractivity contribution < 1.29 is 0 Å². The molecule has 3 nitrogen and oxygen atoms in total. The first-order valence-corrected chi connectivity index (χ1v) is 6.28. The van der Waals surface area contributed by atoms with E-state index in [0.29, 0.717) is 0 Å². The fraction of sp³-hybridized carbons (Fsp3) is 0.750. The van der Waals surface area contributed by atoms with E-state index in [0.717, 1.165) is 15.3 Å². The molecule has 1 aromatic heterocycles. The van der Waals surface area contributed by atoms with E-state index in [9.17, 15) is 0 Å². The number of nitrogens with one attached hydrogen (secondary N) is 1. The monoisotopic (exact) mass is 215 g/mol. The minimum Gasteiger partial charge on any atom is -0.316 e. The molecular weight excluding hydrogens is 202 g/mol. The molecule has 1 aromatic rings. The summed E-state index contributed by atoms with van der Waals surface area (Å²) in [6.45, 7) is 4.35. The third kappa shape index (κ3) is 2.65. The molecule has 1 atom stereocenters. The van der Waals surface area contributed by atoms with Gasteiger partial charge in [-0.3, -0.25) is 0 Å². The lowest BCUT2D eigenvalue weighted by molar-refractivity contribution is 0.662. The quantitative estimate of drug-likeness (QED) is 0.776. The zero-order valence-electron chi connectivity index (χ0n) is 7.62. The number of thioether (sulfide) groups is 1. The molecule has 2 heterocycles. The number of hydrogen-bond donors (Lipinski definition) is 1. The van der Waals surface area contributed by atoms with Crippen LogP contribution < -0.4 is 5.32 Å². The summed E-state index contributed by atoms with van der Waals surface area (Å²) in [6, 6.07) is 0. The maximum Gasteiger partial charge on any atom is 0.174 e. The number of aryl methyl sites for hydroxylation is 1. The van der Waals surface area contributed by atoms with E-state index in [1.807, 2.05) is 18.7 Å². The first kappa shape index (κ1) is 9.43. The average molecular weight is 215 g/mol. The molecule has 0 radical (unpaired) electrons. The molecule has 13 heavy (non-hydrogen) atoms. The first-order chi connectivity index (χ1) is 6.34. The highest BCUT2D eigenvalue weighted by Gasteiger charge is 2.15. The van der Waals surface area contributed by atoms with Crippen LogP contribution in [0.2, 0.25) is 0 Å². The Morgan fingerprint density at radius 1 is 1.62 bits per heavy atom. The molecule has 1 saturated heterocycles. The lowest BCUT2D eigenvalue weighted by Crippen LogP contribution is -2.10. The Balaban J connectivity index is 1.78. The summed E-state index contributed by atoms with van der Waals surface area (Å²) in [4.78, 5) is 0. The number of rotatable bonds is 3. The van der Waals surface area contributed by atoms with Gasteiger partial charge in [-0.25, -0.2) is 0 Å². The van der Waals surface area contributed by atoms with E-state index >= 15 is 0 Å². The van der Waals surface area contributed by atoms with Crippen molar-refractivity contribution in [3.8, 4) is 0 Å². The van der Waals surface area contributed by atoms with Crippen LogP contribution in [0, 0.1) is 12.8 Å². The molecule has 1 N–H and O–H groups in total. The molecule has 0 bridgehead atoms. The molecule has 1 aliphatic rings. The van der Waals surface area contributed by atoms with Crippen LogP contribution in [0.5, 0.6) is 0 Å². The van der Waals surface area contributed by atoms with Gasteiger partial charge in [-0.05, 0) is 32.4 Å². The molecule has 1 unspecified atom stereocenters. The van der Waals surface area contributed by atoms with Gasteiger partial charge in [0.25, 0.3) is 0 Å². The van der Waals surface area contributed by atoms with Crippen molar-refractivity contribution in [1.29, 1.82) is 0 Å². The fourth-order valence-corrected chi connectivity index (χ4v) is 3.36. The standard InChI is InChI=1S/C8H13N3S2/c1-6-10-11-8(13-6)12-5-7-2-3-9-4-7/h7,9H,2-5H2,1H3. The maximum atomic E-state index is 4.09. The summed E-state index contributed by atoms with van der Waals surface area (Å²) in [6.07, 6.45) is 1.31. The van der Waals surface area contributed by atoms with Crippen LogP contribution in [0.15, 0.2) is 4.34 Å². The van der Waals surface area contributed by atoms with E-state index in [-0.39, 0.29) is 0 Å². The number of aromatic nitrogens is 2. The van der Waals surface area contributed by atoms with Crippen LogP contribution in [0.25, 0.3) is 0 Å². The highest BCUT2D eigenvalue weighted by atomic mass is 32.2. The molecule has 1 aliphatic heterocycles. The Hall–Kier alpha value is -0.130. The Labute approximate surface area is 86.3 Å². The topological polar surface area (TPSA) is 37.8 Å². The molecule has 0 saturated carbocycles. The lowest BCUT2D eigenvalue weighted by atomic mass is 10.2. The summed E-state index contributed by atoms with van der Waals surface area (Å²) in [5, 5.41) is 12.5. The van der Waals surface area contributed by atoms with E-state index in [1.54, 1.807) is 11.3 Å². The van der Waals surface area contributed by atoms with Crippen LogP contribution in [0.4, 0.5) is 0 Å². The molecule has 0 amide bonds. The molecule has 0 aliphatic carbocycles. The molecule has 0 spiro atoms. The van der Waals surface area contributed by atoms with Crippen molar-refractivity contribution in [2.75, 3.05) is 18.8 Å². The summed E-state index contributed by atoms with van der Waals surface area (Å²) in [7, 11) is 0. The van der Waals surface area contributed by atoms with Crippen LogP contribution in [-0.2, 0) is 0 Å². The van der Waals surface area contributed by atoms with Gasteiger partial charge in [0, 0.05) is 5.75 Å². The highest BCUT2D eigenvalue weighted by Crippen LogP contribution is 2.25. The van der Waals surface area contributed by atoms with Crippen LogP contribution in [0.1, 0.15) is 11.4 Å². The Kier molecular flexibility index (Phi) is 3.18. The van der Waals surface area contributed by atoms with Gasteiger partial charge in [0.2, 0.25) is 0 Å². The molecule has 2 rings (SSSR count). The van der Waals surface area contributed by atoms with Crippen molar-refractivity contribution in [3.05, 3.63) is 5.01 Å². The average Bonchev–Trinajstić information content (AvgIpc) is 2.71. The fourth-order valence-electron chi connectivity index (χ4n) is 1.38. The maximum absolute atomic E-state index is 4.09. The zero-order chi connectivity index (χ0) is 9.10. The van der Waals surface area contributed by atoms with E-state index in [1.165, 1.54) is 25.3 Å². The van der Waals surface area contributed by atoms with Gasteiger partial charge in [0.15, 0.2) is 4.34 Å². The van der Waals surface area contributed by atoms with Crippen molar-refractivity contribution in [2.45, 2.75) is 17.7 Å². The first-order valence-electron chi connectivity index (χ1n) is 4.48. The zero-order valence-corrected chi connectivity index (χ0v) is 9.25. The Bertz CT molecular complexity index is 268. The van der Waals surface area contributed by atoms with E-state index in [4.69, 9.17) is 0 Å². The molecule has 5 heteroatoms. The summed E-state index contributed by atoms with van der Waals surface area (Å²) in [5.41, 5.74) is 0. The lowest BCUT2D eigenvalue weighted by Gasteiger charge is -2.03. The number of nitrogens with zero attached hydrogens (tertiary/aromatic N) is 2. The van der Waals surface area contributed by atoms with E-state index in [2.05, 4.69) is 15.5 Å². The second-order valence-corrected chi connectivity index (χ2v) is 5.71. The van der Waals surface area contributed by atoms with Crippen LogP contribution in [-0.4, -0.2) is 29.0 Å². The van der Waals surface area contributed by atoms with Crippen molar-refractivity contribution in [2.24, 2.45) is 5.92 Å². The highest BCUT2D eigenvalue weighted by molar-refractivity contribution is 8.01. The van der Waals surface area contributed by atoms with Crippen molar-refractivity contribution in [3.63, 3.8) is 0 Å². The molecular formula is C8H13N3S2. The third-order valence-electron chi connectivity index (χ3n) is 2.11. The summed E-state index contributed by atoms with van der Waals surface area (Å²) < 4.78 is 1.12. The predicted molar refractivity (Wildman–Crippen MR) is 56.3 cm³/mol. The molecule has 72 valence electrons. The van der Waals surface area contributed by atoms with Gasteiger partial charge >= 0.3 is 0 Å². The van der Waals surface area contributed by atoms with Gasteiger partial charge in [-0.1, -0.05) is 23.1 Å². The van der Waals surface area contributed by atoms with Gasteiger partial charge < -0.3 is 5.32 Å². The smallest absolute Gasteiger partial charge is 0.174 e. The minimum atomic E-state index is 0.828. The van der Waals surface area contributed by atoms with Crippen LogP contribution in [0.3, 0.4) is 0 Å². The van der Waals surface area contributed by atoms with E-state index < -0.39 is 0 Å². The molecule has 0 aromatic carbocycles. The summed E-state index contributed by atoms with van der Waals surface area (Å²) >= 11 is 3.53. The van der Waals surface area contributed by atoms with Gasteiger partial charge in [0.05, 0.1) is 0 Å². The number of hydrogen-bond acceptors (Lipinski definition) is 5. The van der Waals surface area contributed by atoms with Crippen molar-refractivity contribution >= 4 is 23.1 Å².